The van der Waals surface area contributed by atoms with E-state index in [-0.39, 0.29) is 0 Å². The first kappa shape index (κ1) is 18.8. The van der Waals surface area contributed by atoms with Gasteiger partial charge in [0.05, 0.1) is 7.11 Å². The van der Waals surface area contributed by atoms with E-state index >= 15 is 0 Å². The zero-order valence-electron chi connectivity index (χ0n) is 16.3. The van der Waals surface area contributed by atoms with Crippen molar-refractivity contribution >= 4 is 0 Å². The molecular formula is C22H31N3O. The van der Waals surface area contributed by atoms with Crippen LogP contribution >= 0.6 is 0 Å². The van der Waals surface area contributed by atoms with Gasteiger partial charge >= 0.3 is 0 Å². The average molecular weight is 354 g/mol. The van der Waals surface area contributed by atoms with Crippen LogP contribution in [-0.2, 0) is 19.4 Å². The third-order valence-corrected chi connectivity index (χ3v) is 5.61. The number of hydrogen-bond acceptors (Lipinski definition) is 4. The summed E-state index contributed by atoms with van der Waals surface area (Å²) in [4.78, 5) is 11.7. The lowest BCUT2D eigenvalue weighted by Gasteiger charge is -2.40. The monoisotopic (exact) mass is 353 g/mol. The molecule has 3 rings (SSSR count). The summed E-state index contributed by atoms with van der Waals surface area (Å²) in [5.74, 6) is 2.62. The van der Waals surface area contributed by atoms with Crippen LogP contribution in [0.3, 0.4) is 0 Å². The normalized spacial score (nSPS) is 20.9. The highest BCUT2D eigenvalue weighted by molar-refractivity contribution is 5.27. The maximum Gasteiger partial charge on any atom is 0.128 e. The van der Waals surface area contributed by atoms with E-state index in [1.807, 2.05) is 12.4 Å². The van der Waals surface area contributed by atoms with Gasteiger partial charge in [0, 0.05) is 31.4 Å². The van der Waals surface area contributed by atoms with Crippen molar-refractivity contribution in [1.82, 2.24) is 14.9 Å². The van der Waals surface area contributed by atoms with Gasteiger partial charge < -0.3 is 4.74 Å². The Morgan fingerprint density at radius 3 is 2.50 bits per heavy atom. The molecule has 4 heteroatoms. The van der Waals surface area contributed by atoms with Crippen molar-refractivity contribution in [2.24, 2.45) is 5.92 Å². The number of benzene rings is 1. The lowest BCUT2D eigenvalue weighted by atomic mass is 9.87. The Balaban J connectivity index is 1.63. The molecule has 0 N–H and O–H groups in total. The lowest BCUT2D eigenvalue weighted by Crippen LogP contribution is -2.44. The number of methoxy groups -OCH3 is 1. The van der Waals surface area contributed by atoms with Gasteiger partial charge in [0.1, 0.15) is 11.6 Å². The van der Waals surface area contributed by atoms with Gasteiger partial charge in [-0.3, -0.25) is 4.90 Å². The van der Waals surface area contributed by atoms with Crippen LogP contribution in [0.1, 0.15) is 50.1 Å². The van der Waals surface area contributed by atoms with Crippen LogP contribution in [0.2, 0.25) is 0 Å². The molecule has 4 nitrogen and oxygen atoms in total. The summed E-state index contributed by atoms with van der Waals surface area (Å²) < 4.78 is 5.27. The second-order valence-electron chi connectivity index (χ2n) is 7.41. The van der Waals surface area contributed by atoms with Crippen molar-refractivity contribution < 1.29 is 4.74 Å². The minimum absolute atomic E-state index is 0.598. The Bertz CT molecular complexity index is 669. The summed E-state index contributed by atoms with van der Waals surface area (Å²) in [6.45, 7) is 6.72. The number of hydrogen-bond donors (Lipinski definition) is 0. The van der Waals surface area contributed by atoms with Crippen molar-refractivity contribution in [2.45, 2.75) is 58.5 Å². The Kier molecular flexibility index (Phi) is 6.62. The van der Waals surface area contributed by atoms with E-state index in [1.54, 1.807) is 7.11 Å². The van der Waals surface area contributed by atoms with Gasteiger partial charge in [-0.15, -0.1) is 0 Å². The van der Waals surface area contributed by atoms with E-state index in [1.165, 1.54) is 30.5 Å². The van der Waals surface area contributed by atoms with Gasteiger partial charge in [-0.2, -0.15) is 0 Å². The summed E-state index contributed by atoms with van der Waals surface area (Å²) in [5, 5.41) is 0. The molecule has 0 spiro atoms. The van der Waals surface area contributed by atoms with Crippen molar-refractivity contribution in [3.05, 3.63) is 53.6 Å². The summed E-state index contributed by atoms with van der Waals surface area (Å²) in [5.41, 5.74) is 2.56. The average Bonchev–Trinajstić information content (AvgIpc) is 2.68. The molecule has 1 aromatic heterocycles. The third kappa shape index (κ3) is 4.82. The van der Waals surface area contributed by atoms with Crippen molar-refractivity contribution in [3.8, 4) is 5.75 Å². The number of aromatic nitrogens is 2. The van der Waals surface area contributed by atoms with Crippen LogP contribution < -0.4 is 4.74 Å². The van der Waals surface area contributed by atoms with E-state index < -0.39 is 0 Å². The largest absolute Gasteiger partial charge is 0.497 e. The summed E-state index contributed by atoms with van der Waals surface area (Å²) in [6, 6.07) is 9.07. The molecule has 140 valence electrons. The second kappa shape index (κ2) is 9.13. The van der Waals surface area contributed by atoms with E-state index in [9.17, 15) is 0 Å². The lowest BCUT2D eigenvalue weighted by molar-refractivity contribution is 0.0867. The molecule has 26 heavy (non-hydrogen) atoms. The van der Waals surface area contributed by atoms with Crippen molar-refractivity contribution in [3.63, 3.8) is 0 Å². The molecule has 1 fully saturated rings. The maximum absolute atomic E-state index is 5.27. The number of aryl methyl sites for hydroxylation is 2. The van der Waals surface area contributed by atoms with Gasteiger partial charge in [-0.1, -0.05) is 26.0 Å². The van der Waals surface area contributed by atoms with E-state index in [4.69, 9.17) is 4.74 Å². The van der Waals surface area contributed by atoms with Crippen LogP contribution in [0.5, 0.6) is 5.75 Å². The van der Waals surface area contributed by atoms with Gasteiger partial charge in [0.15, 0.2) is 0 Å². The topological polar surface area (TPSA) is 38.2 Å². The predicted molar refractivity (Wildman–Crippen MR) is 105 cm³/mol. The van der Waals surface area contributed by atoms with Gasteiger partial charge in [0.2, 0.25) is 0 Å². The minimum atomic E-state index is 0.598. The molecule has 1 saturated heterocycles. The fourth-order valence-corrected chi connectivity index (χ4v) is 3.93. The molecule has 2 heterocycles. The number of ether oxygens (including phenoxy) is 1. The van der Waals surface area contributed by atoms with Crippen LogP contribution in [-0.4, -0.2) is 34.6 Å². The summed E-state index contributed by atoms with van der Waals surface area (Å²) >= 11 is 0. The molecule has 0 amide bonds. The molecule has 0 saturated carbocycles. The summed E-state index contributed by atoms with van der Waals surface area (Å²) in [6.07, 6.45) is 9.63. The fraction of sp³-hybridized carbons (Fsp3) is 0.545. The standard InChI is InChI=1S/C22H31N3O/c1-4-18-14-23-22(24-15-18)12-11-21-17(2)6-5-13-25(21)16-19-7-9-20(26-3)10-8-19/h7-10,14-15,17,21H,4-6,11-13,16H2,1-3H3/t17-,21-/m1/s1. The van der Waals surface area contributed by atoms with Crippen LogP contribution in [0.15, 0.2) is 36.7 Å². The van der Waals surface area contributed by atoms with Crippen molar-refractivity contribution in [2.75, 3.05) is 13.7 Å². The van der Waals surface area contributed by atoms with Gasteiger partial charge in [-0.05, 0) is 61.4 Å². The van der Waals surface area contributed by atoms with Crippen LogP contribution in [0.25, 0.3) is 0 Å². The molecule has 2 aromatic rings. The van der Waals surface area contributed by atoms with Gasteiger partial charge in [0.25, 0.3) is 0 Å². The summed E-state index contributed by atoms with van der Waals surface area (Å²) in [7, 11) is 1.71. The zero-order chi connectivity index (χ0) is 18.4. The zero-order valence-corrected chi connectivity index (χ0v) is 16.3. The molecule has 0 bridgehead atoms. The Morgan fingerprint density at radius 1 is 1.12 bits per heavy atom. The molecule has 1 aliphatic rings. The second-order valence-corrected chi connectivity index (χ2v) is 7.41. The highest BCUT2D eigenvalue weighted by atomic mass is 16.5. The predicted octanol–water partition coefficient (Wildman–Crippen LogP) is 4.28. The van der Waals surface area contributed by atoms with E-state index in [0.717, 1.165) is 43.3 Å². The minimum Gasteiger partial charge on any atom is -0.497 e. The molecule has 1 aromatic carbocycles. The Morgan fingerprint density at radius 2 is 1.85 bits per heavy atom. The van der Waals surface area contributed by atoms with Crippen LogP contribution in [0.4, 0.5) is 0 Å². The fourth-order valence-electron chi connectivity index (χ4n) is 3.93. The SMILES string of the molecule is CCc1cnc(CC[C@@H]2[C@H](C)CCCN2Cc2ccc(OC)cc2)nc1. The number of likely N-dealkylation sites (tertiary alicyclic amines) is 1. The highest BCUT2D eigenvalue weighted by Crippen LogP contribution is 2.28. The highest BCUT2D eigenvalue weighted by Gasteiger charge is 2.28. The number of rotatable bonds is 7. The first-order valence-corrected chi connectivity index (χ1v) is 9.86. The Hall–Kier alpha value is -1.94. The third-order valence-electron chi connectivity index (χ3n) is 5.61. The first-order chi connectivity index (χ1) is 12.7. The molecule has 0 radical (unpaired) electrons. The van der Waals surface area contributed by atoms with Crippen LogP contribution in [0, 0.1) is 5.92 Å². The smallest absolute Gasteiger partial charge is 0.128 e. The van der Waals surface area contributed by atoms with Crippen molar-refractivity contribution in [1.29, 1.82) is 0 Å². The van der Waals surface area contributed by atoms with Gasteiger partial charge in [-0.25, -0.2) is 9.97 Å². The first-order valence-electron chi connectivity index (χ1n) is 9.86. The Labute approximate surface area is 157 Å². The quantitative estimate of drug-likeness (QED) is 0.745. The molecule has 0 aliphatic carbocycles. The number of nitrogens with zero attached hydrogens (tertiary/aromatic N) is 3. The molecule has 0 unspecified atom stereocenters. The molecule has 2 atom stereocenters. The van der Waals surface area contributed by atoms with E-state index in [2.05, 4.69) is 53.0 Å². The van der Waals surface area contributed by atoms with E-state index in [0.29, 0.717) is 6.04 Å². The molecule has 1 aliphatic heterocycles. The number of piperidine rings is 1. The molecular weight excluding hydrogens is 322 g/mol. The maximum atomic E-state index is 5.27.